The number of rotatable bonds is 14. The first-order valence-electron chi connectivity index (χ1n) is 14.3. The summed E-state index contributed by atoms with van der Waals surface area (Å²) in [5.41, 5.74) is 2.64. The third-order valence-electron chi connectivity index (χ3n) is 6.82. The second kappa shape index (κ2) is 16.2. The highest BCUT2D eigenvalue weighted by Crippen LogP contribution is 2.16. The first-order valence-corrected chi connectivity index (χ1v) is 14.3. The van der Waals surface area contributed by atoms with Crippen molar-refractivity contribution in [2.75, 3.05) is 19.6 Å². The molecule has 3 aromatic rings. The van der Waals surface area contributed by atoms with Crippen molar-refractivity contribution in [1.29, 1.82) is 0 Å². The SMILES string of the molecule is C#Cc1cccc(CNC[C@@H](O)C(Cc2cc(F)cc(F)c2)NC(=O)c2cc(C#C)cc(C(=O)N(CCC)CCC)c2)c1. The number of amides is 2. The molecule has 8 heteroatoms. The predicted molar refractivity (Wildman–Crippen MR) is 164 cm³/mol. The fourth-order valence-corrected chi connectivity index (χ4v) is 4.80. The monoisotopic (exact) mass is 585 g/mol. The molecule has 0 spiro atoms. The molecule has 0 fully saturated rings. The van der Waals surface area contributed by atoms with Crippen molar-refractivity contribution in [3.05, 3.63) is 106 Å². The van der Waals surface area contributed by atoms with Crippen LogP contribution in [0.15, 0.2) is 60.7 Å². The summed E-state index contributed by atoms with van der Waals surface area (Å²) in [6.45, 7) is 5.53. The van der Waals surface area contributed by atoms with Crippen LogP contribution in [-0.2, 0) is 13.0 Å². The Hall–Kier alpha value is -4.50. The Morgan fingerprint density at radius 1 is 0.884 bits per heavy atom. The van der Waals surface area contributed by atoms with Gasteiger partial charge in [-0.05, 0) is 72.9 Å². The van der Waals surface area contributed by atoms with Gasteiger partial charge in [0.05, 0.1) is 12.1 Å². The van der Waals surface area contributed by atoms with E-state index in [-0.39, 0.29) is 35.6 Å². The van der Waals surface area contributed by atoms with Crippen molar-refractivity contribution in [1.82, 2.24) is 15.5 Å². The van der Waals surface area contributed by atoms with E-state index in [1.165, 1.54) is 12.1 Å². The molecule has 6 nitrogen and oxygen atoms in total. The van der Waals surface area contributed by atoms with E-state index in [2.05, 4.69) is 22.5 Å². The van der Waals surface area contributed by atoms with Gasteiger partial charge in [0.2, 0.25) is 0 Å². The van der Waals surface area contributed by atoms with Crippen LogP contribution in [0.25, 0.3) is 0 Å². The van der Waals surface area contributed by atoms with Crippen LogP contribution in [0.5, 0.6) is 0 Å². The average Bonchev–Trinajstić information content (AvgIpc) is 2.99. The lowest BCUT2D eigenvalue weighted by molar-refractivity contribution is 0.0755. The molecule has 0 aliphatic carbocycles. The van der Waals surface area contributed by atoms with Crippen LogP contribution in [-0.4, -0.2) is 53.6 Å². The molecule has 2 amide bonds. The first-order chi connectivity index (χ1) is 20.7. The van der Waals surface area contributed by atoms with Gasteiger partial charge in [-0.2, -0.15) is 0 Å². The van der Waals surface area contributed by atoms with Gasteiger partial charge in [0.25, 0.3) is 11.8 Å². The van der Waals surface area contributed by atoms with Crippen LogP contribution in [0, 0.1) is 36.3 Å². The molecule has 3 N–H and O–H groups in total. The number of carbonyl (C=O) groups is 2. The molecule has 0 saturated heterocycles. The zero-order valence-electron chi connectivity index (χ0n) is 24.5. The van der Waals surface area contributed by atoms with E-state index in [4.69, 9.17) is 12.8 Å². The highest BCUT2D eigenvalue weighted by atomic mass is 19.1. The highest BCUT2D eigenvalue weighted by Gasteiger charge is 2.24. The van der Waals surface area contributed by atoms with Crippen LogP contribution in [0.1, 0.15) is 69.7 Å². The second-order valence-corrected chi connectivity index (χ2v) is 10.3. The Balaban J connectivity index is 1.84. The van der Waals surface area contributed by atoms with Gasteiger partial charge in [-0.1, -0.05) is 37.8 Å². The van der Waals surface area contributed by atoms with Gasteiger partial charge in [0.1, 0.15) is 11.6 Å². The largest absolute Gasteiger partial charge is 0.390 e. The van der Waals surface area contributed by atoms with E-state index in [9.17, 15) is 23.5 Å². The molecule has 0 heterocycles. The molecule has 1 unspecified atom stereocenters. The maximum absolute atomic E-state index is 14.0. The zero-order valence-corrected chi connectivity index (χ0v) is 24.5. The van der Waals surface area contributed by atoms with E-state index in [0.29, 0.717) is 25.2 Å². The van der Waals surface area contributed by atoms with Crippen molar-refractivity contribution in [3.8, 4) is 24.7 Å². The second-order valence-electron chi connectivity index (χ2n) is 10.3. The van der Waals surface area contributed by atoms with E-state index in [1.54, 1.807) is 17.0 Å². The summed E-state index contributed by atoms with van der Waals surface area (Å²) in [6.07, 6.45) is 11.5. The Morgan fingerprint density at radius 2 is 1.53 bits per heavy atom. The van der Waals surface area contributed by atoms with Gasteiger partial charge in [0, 0.05) is 54.5 Å². The predicted octanol–water partition coefficient (Wildman–Crippen LogP) is 4.68. The van der Waals surface area contributed by atoms with Gasteiger partial charge >= 0.3 is 0 Å². The fraction of sp³-hybridized carbons (Fsp3) is 0.314. The van der Waals surface area contributed by atoms with Gasteiger partial charge in [0.15, 0.2) is 0 Å². The zero-order chi connectivity index (χ0) is 31.4. The minimum absolute atomic E-state index is 0.0557. The van der Waals surface area contributed by atoms with E-state index >= 15 is 0 Å². The van der Waals surface area contributed by atoms with E-state index in [0.717, 1.165) is 42.2 Å². The molecule has 3 rings (SSSR count). The molecular weight excluding hydrogens is 548 g/mol. The first kappa shape index (κ1) is 33.0. The van der Waals surface area contributed by atoms with Crippen molar-refractivity contribution < 1.29 is 23.5 Å². The lowest BCUT2D eigenvalue weighted by Crippen LogP contribution is -2.48. The minimum Gasteiger partial charge on any atom is -0.390 e. The number of nitrogens with one attached hydrogen (secondary N) is 2. The van der Waals surface area contributed by atoms with Crippen molar-refractivity contribution in [3.63, 3.8) is 0 Å². The Kier molecular flexibility index (Phi) is 12.5. The quantitative estimate of drug-likeness (QED) is 0.240. The Bertz CT molecular complexity index is 1480. The van der Waals surface area contributed by atoms with Crippen molar-refractivity contribution in [2.45, 2.75) is 51.8 Å². The molecule has 0 radical (unpaired) electrons. The summed E-state index contributed by atoms with van der Waals surface area (Å²) in [5, 5.41) is 17.1. The number of benzene rings is 3. The van der Waals surface area contributed by atoms with Crippen LogP contribution in [0.3, 0.4) is 0 Å². The smallest absolute Gasteiger partial charge is 0.253 e. The Morgan fingerprint density at radius 3 is 2.16 bits per heavy atom. The number of halogens is 2. The topological polar surface area (TPSA) is 81.7 Å². The third kappa shape index (κ3) is 9.78. The summed E-state index contributed by atoms with van der Waals surface area (Å²) >= 11 is 0. The Labute approximate surface area is 252 Å². The molecule has 3 aromatic carbocycles. The van der Waals surface area contributed by atoms with Gasteiger partial charge in [-0.15, -0.1) is 12.8 Å². The van der Waals surface area contributed by atoms with Crippen LogP contribution in [0.4, 0.5) is 8.78 Å². The summed E-state index contributed by atoms with van der Waals surface area (Å²) in [5.74, 6) is 2.70. The molecule has 0 bridgehead atoms. The number of hydrogen-bond acceptors (Lipinski definition) is 4. The number of aliphatic hydroxyl groups excluding tert-OH is 1. The molecule has 0 aromatic heterocycles. The van der Waals surface area contributed by atoms with Gasteiger partial charge < -0.3 is 20.6 Å². The minimum atomic E-state index is -1.15. The molecule has 0 aliphatic rings. The normalized spacial score (nSPS) is 12.1. The number of hydrogen-bond donors (Lipinski definition) is 3. The number of carbonyl (C=O) groups excluding carboxylic acids is 2. The summed E-state index contributed by atoms with van der Waals surface area (Å²) in [7, 11) is 0. The molecular formula is C35H37F2N3O3. The van der Waals surface area contributed by atoms with Crippen LogP contribution >= 0.6 is 0 Å². The maximum atomic E-state index is 14.0. The fourth-order valence-electron chi connectivity index (χ4n) is 4.80. The lowest BCUT2D eigenvalue weighted by Gasteiger charge is -2.25. The molecule has 224 valence electrons. The summed E-state index contributed by atoms with van der Waals surface area (Å²) < 4.78 is 27.9. The maximum Gasteiger partial charge on any atom is 0.253 e. The highest BCUT2D eigenvalue weighted by molar-refractivity contribution is 6.00. The standard InChI is InChI=1S/C35H37F2N3O3/c1-5-12-40(13-6-2)35(43)29-16-25(8-4)15-28(20-29)34(42)39-32(19-27-17-30(36)21-31(37)18-27)33(41)23-38-22-26-11-9-10-24(7-3)14-26/h3-4,9-11,14-18,20-21,32-33,38,41H,5-6,12-13,19,22-23H2,1-2H3,(H,39,42)/t32?,33-/m1/s1. The lowest BCUT2D eigenvalue weighted by atomic mass is 9.99. The van der Waals surface area contributed by atoms with Gasteiger partial charge in [-0.3, -0.25) is 9.59 Å². The summed E-state index contributed by atoms with van der Waals surface area (Å²) in [6, 6.07) is 14.0. The average molecular weight is 586 g/mol. The van der Waals surface area contributed by atoms with Crippen molar-refractivity contribution in [2.24, 2.45) is 0 Å². The van der Waals surface area contributed by atoms with Gasteiger partial charge in [-0.25, -0.2) is 8.78 Å². The van der Waals surface area contributed by atoms with E-state index in [1.807, 2.05) is 32.0 Å². The molecule has 0 saturated carbocycles. The molecule has 2 atom stereocenters. The van der Waals surface area contributed by atoms with Crippen molar-refractivity contribution >= 4 is 11.8 Å². The number of aliphatic hydroxyl groups is 1. The van der Waals surface area contributed by atoms with E-state index < -0.39 is 29.7 Å². The van der Waals surface area contributed by atoms with Crippen LogP contribution < -0.4 is 10.6 Å². The number of nitrogens with zero attached hydrogens (tertiary/aromatic N) is 1. The molecule has 0 aliphatic heterocycles. The third-order valence-corrected chi connectivity index (χ3v) is 6.82. The molecule has 43 heavy (non-hydrogen) atoms. The van der Waals surface area contributed by atoms with Crippen LogP contribution in [0.2, 0.25) is 0 Å². The summed E-state index contributed by atoms with van der Waals surface area (Å²) in [4.78, 5) is 28.5. The number of terminal acetylenes is 2.